The fraction of sp³-hybridized carbons (Fsp3) is 0.412. The molecule has 0 saturated carbocycles. The minimum atomic E-state index is 0. The van der Waals surface area contributed by atoms with Gasteiger partial charge in [-0.2, -0.15) is 0 Å². The van der Waals surface area contributed by atoms with Crippen LogP contribution in [-0.2, 0) is 4.74 Å². The highest BCUT2D eigenvalue weighted by Gasteiger charge is 1.98. The van der Waals surface area contributed by atoms with Crippen molar-refractivity contribution in [1.29, 1.82) is 0 Å². The van der Waals surface area contributed by atoms with E-state index >= 15 is 0 Å². The van der Waals surface area contributed by atoms with Crippen LogP contribution in [-0.4, -0.2) is 50.8 Å². The second kappa shape index (κ2) is 11.9. The number of nitrogens with one attached hydrogen (secondary N) is 3. The number of aromatic nitrogens is 1. The van der Waals surface area contributed by atoms with E-state index in [2.05, 4.69) is 38.1 Å². The number of hydrogen-bond acceptors (Lipinski definition) is 4. The Kier molecular flexibility index (Phi) is 10.1. The molecule has 1 aromatic carbocycles. The molecule has 0 fully saturated rings. The van der Waals surface area contributed by atoms with Crippen LogP contribution >= 0.6 is 24.0 Å². The number of methoxy groups -OCH3 is 1. The summed E-state index contributed by atoms with van der Waals surface area (Å²) in [5, 5.41) is 11.0. The molecular formula is C17H26IN5O. The van der Waals surface area contributed by atoms with E-state index in [1.807, 2.05) is 31.2 Å². The summed E-state index contributed by atoms with van der Waals surface area (Å²) >= 11 is 0. The normalized spacial score (nSPS) is 11.0. The maximum Gasteiger partial charge on any atom is 0.191 e. The van der Waals surface area contributed by atoms with Crippen LogP contribution in [0, 0.1) is 0 Å². The fourth-order valence-electron chi connectivity index (χ4n) is 2.13. The van der Waals surface area contributed by atoms with Crippen molar-refractivity contribution in [2.75, 3.05) is 45.2 Å². The standard InChI is InChI=1S/C17H25N5O.HI/c1-3-18-17(21-12-13-23-2)20-11-10-19-16-9-8-14-6-4-5-7-15(14)22-16;/h4-9H,3,10-13H2,1-2H3,(H,19,22)(H2,18,20,21);1H. The first-order chi connectivity index (χ1) is 11.3. The molecular weight excluding hydrogens is 417 g/mol. The van der Waals surface area contributed by atoms with Gasteiger partial charge in [-0.3, -0.25) is 4.99 Å². The molecule has 0 spiro atoms. The minimum absolute atomic E-state index is 0. The summed E-state index contributed by atoms with van der Waals surface area (Å²) in [5.41, 5.74) is 1.000. The van der Waals surface area contributed by atoms with Gasteiger partial charge in [0.25, 0.3) is 0 Å². The van der Waals surface area contributed by atoms with Crippen LogP contribution < -0.4 is 16.0 Å². The van der Waals surface area contributed by atoms with E-state index in [1.165, 1.54) is 0 Å². The van der Waals surface area contributed by atoms with Gasteiger partial charge < -0.3 is 20.7 Å². The minimum Gasteiger partial charge on any atom is -0.383 e. The molecule has 0 radical (unpaired) electrons. The van der Waals surface area contributed by atoms with Crippen molar-refractivity contribution >= 4 is 46.7 Å². The molecule has 0 amide bonds. The highest BCUT2D eigenvalue weighted by Crippen LogP contribution is 2.13. The summed E-state index contributed by atoms with van der Waals surface area (Å²) in [7, 11) is 1.68. The first-order valence-electron chi connectivity index (χ1n) is 7.94. The van der Waals surface area contributed by atoms with Gasteiger partial charge in [-0.15, -0.1) is 24.0 Å². The predicted octanol–water partition coefficient (Wildman–Crippen LogP) is 2.47. The lowest BCUT2D eigenvalue weighted by Crippen LogP contribution is -2.39. The summed E-state index contributed by atoms with van der Waals surface area (Å²) in [4.78, 5) is 9.00. The van der Waals surface area contributed by atoms with Gasteiger partial charge >= 0.3 is 0 Å². The second-order valence-corrected chi connectivity index (χ2v) is 5.00. The van der Waals surface area contributed by atoms with E-state index < -0.39 is 0 Å². The van der Waals surface area contributed by atoms with E-state index in [4.69, 9.17) is 4.74 Å². The highest BCUT2D eigenvalue weighted by molar-refractivity contribution is 14.0. The summed E-state index contributed by atoms with van der Waals surface area (Å²) in [6.45, 7) is 5.66. The van der Waals surface area contributed by atoms with Gasteiger partial charge in [-0.25, -0.2) is 4.98 Å². The third-order valence-electron chi connectivity index (χ3n) is 3.23. The molecule has 1 heterocycles. The van der Waals surface area contributed by atoms with Gasteiger partial charge in [0, 0.05) is 32.1 Å². The van der Waals surface area contributed by atoms with E-state index in [9.17, 15) is 0 Å². The van der Waals surface area contributed by atoms with E-state index in [0.29, 0.717) is 13.2 Å². The number of para-hydroxylation sites is 1. The third kappa shape index (κ3) is 6.88. The Morgan fingerprint density at radius 2 is 1.96 bits per heavy atom. The summed E-state index contributed by atoms with van der Waals surface area (Å²) in [6, 6.07) is 12.2. The van der Waals surface area contributed by atoms with E-state index in [0.717, 1.165) is 42.3 Å². The average molecular weight is 443 g/mol. The number of fused-ring (bicyclic) bond motifs is 1. The number of anilines is 1. The first kappa shape index (κ1) is 20.4. The molecule has 2 rings (SSSR count). The number of benzene rings is 1. The van der Waals surface area contributed by atoms with Gasteiger partial charge in [-0.05, 0) is 25.1 Å². The van der Waals surface area contributed by atoms with Crippen molar-refractivity contribution in [2.45, 2.75) is 6.92 Å². The number of hydrogen-bond donors (Lipinski definition) is 3. The lowest BCUT2D eigenvalue weighted by Gasteiger charge is -2.12. The first-order valence-corrected chi connectivity index (χ1v) is 7.94. The maximum atomic E-state index is 5.01. The molecule has 0 aliphatic heterocycles. The lowest BCUT2D eigenvalue weighted by molar-refractivity contribution is 0.208. The lowest BCUT2D eigenvalue weighted by atomic mass is 10.2. The molecule has 2 aromatic rings. The molecule has 0 aliphatic rings. The second-order valence-electron chi connectivity index (χ2n) is 5.00. The zero-order chi connectivity index (χ0) is 16.3. The van der Waals surface area contributed by atoms with Gasteiger partial charge in [0.1, 0.15) is 5.82 Å². The largest absolute Gasteiger partial charge is 0.383 e. The zero-order valence-corrected chi connectivity index (χ0v) is 16.5. The quantitative estimate of drug-likeness (QED) is 0.253. The number of pyridine rings is 1. The molecule has 0 aliphatic carbocycles. The number of guanidine groups is 1. The van der Waals surface area contributed by atoms with Crippen molar-refractivity contribution in [1.82, 2.24) is 15.6 Å². The van der Waals surface area contributed by atoms with Crippen molar-refractivity contribution in [2.24, 2.45) is 4.99 Å². The summed E-state index contributed by atoms with van der Waals surface area (Å²) < 4.78 is 5.01. The van der Waals surface area contributed by atoms with Gasteiger partial charge in [0.15, 0.2) is 5.96 Å². The molecule has 24 heavy (non-hydrogen) atoms. The fourth-order valence-corrected chi connectivity index (χ4v) is 2.13. The molecule has 0 unspecified atom stereocenters. The smallest absolute Gasteiger partial charge is 0.191 e. The molecule has 0 atom stereocenters. The van der Waals surface area contributed by atoms with Crippen molar-refractivity contribution in [3.63, 3.8) is 0 Å². The SMILES string of the molecule is CCNC(=NCCOC)NCCNc1ccc2ccccc2n1.I. The molecule has 132 valence electrons. The molecule has 1 aromatic heterocycles. The van der Waals surface area contributed by atoms with Crippen LogP contribution in [0.3, 0.4) is 0 Å². The van der Waals surface area contributed by atoms with E-state index in [-0.39, 0.29) is 24.0 Å². The summed E-state index contributed by atoms with van der Waals surface area (Å²) in [5.74, 6) is 1.68. The van der Waals surface area contributed by atoms with Crippen molar-refractivity contribution in [3.8, 4) is 0 Å². The number of halogens is 1. The van der Waals surface area contributed by atoms with Crippen LogP contribution in [0.2, 0.25) is 0 Å². The van der Waals surface area contributed by atoms with Crippen molar-refractivity contribution < 1.29 is 4.74 Å². The number of rotatable bonds is 8. The maximum absolute atomic E-state index is 5.01. The van der Waals surface area contributed by atoms with Crippen LogP contribution in [0.5, 0.6) is 0 Å². The Morgan fingerprint density at radius 3 is 2.75 bits per heavy atom. The number of nitrogens with zero attached hydrogens (tertiary/aromatic N) is 2. The van der Waals surface area contributed by atoms with E-state index in [1.54, 1.807) is 7.11 Å². The third-order valence-corrected chi connectivity index (χ3v) is 3.23. The highest BCUT2D eigenvalue weighted by atomic mass is 127. The predicted molar refractivity (Wildman–Crippen MR) is 112 cm³/mol. The molecule has 0 saturated heterocycles. The van der Waals surface area contributed by atoms with Gasteiger partial charge in [0.2, 0.25) is 0 Å². The van der Waals surface area contributed by atoms with Crippen LogP contribution in [0.15, 0.2) is 41.4 Å². The monoisotopic (exact) mass is 443 g/mol. The Balaban J connectivity index is 0.00000288. The Labute approximate surface area is 160 Å². The molecule has 7 heteroatoms. The Morgan fingerprint density at radius 1 is 1.12 bits per heavy atom. The average Bonchev–Trinajstić information content (AvgIpc) is 2.58. The zero-order valence-electron chi connectivity index (χ0n) is 14.2. The Bertz CT molecular complexity index is 635. The van der Waals surface area contributed by atoms with Crippen LogP contribution in [0.25, 0.3) is 10.9 Å². The van der Waals surface area contributed by atoms with Gasteiger partial charge in [0.05, 0.1) is 18.7 Å². The summed E-state index contributed by atoms with van der Waals surface area (Å²) in [6.07, 6.45) is 0. The molecule has 3 N–H and O–H groups in total. The topological polar surface area (TPSA) is 70.6 Å². The Hall–Kier alpha value is -1.61. The number of aliphatic imine (C=N–C) groups is 1. The molecule has 6 nitrogen and oxygen atoms in total. The van der Waals surface area contributed by atoms with Crippen LogP contribution in [0.1, 0.15) is 6.92 Å². The molecule has 0 bridgehead atoms. The number of ether oxygens (including phenoxy) is 1. The van der Waals surface area contributed by atoms with Crippen LogP contribution in [0.4, 0.5) is 5.82 Å². The van der Waals surface area contributed by atoms with Crippen molar-refractivity contribution in [3.05, 3.63) is 36.4 Å². The van der Waals surface area contributed by atoms with Gasteiger partial charge in [-0.1, -0.05) is 18.2 Å².